The van der Waals surface area contributed by atoms with Gasteiger partial charge >= 0.3 is 11.9 Å². The summed E-state index contributed by atoms with van der Waals surface area (Å²) in [5.41, 5.74) is 5.12. The fourth-order valence-corrected chi connectivity index (χ4v) is 7.47. The van der Waals surface area contributed by atoms with Crippen LogP contribution in [-0.2, 0) is 34.9 Å². The lowest BCUT2D eigenvalue weighted by atomic mass is 9.86. The van der Waals surface area contributed by atoms with Crippen molar-refractivity contribution < 1.29 is 28.4 Å². The zero-order valence-corrected chi connectivity index (χ0v) is 25.7. The molecule has 228 valence electrons. The molecular weight excluding hydrogens is 547 g/mol. The number of fused-ring (bicyclic) bond motifs is 1. The number of ether oxygens (including phenoxy) is 3. The van der Waals surface area contributed by atoms with Crippen molar-refractivity contribution in [1.82, 2.24) is 24.7 Å². The van der Waals surface area contributed by atoms with E-state index in [0.29, 0.717) is 48.4 Å². The number of nitrogens with one attached hydrogen (secondary N) is 2. The Balaban J connectivity index is 1.44. The van der Waals surface area contributed by atoms with Crippen LogP contribution in [0.2, 0.25) is 0 Å². The van der Waals surface area contributed by atoms with Crippen molar-refractivity contribution in [2.45, 2.75) is 96.9 Å². The van der Waals surface area contributed by atoms with Crippen molar-refractivity contribution in [1.29, 1.82) is 0 Å². The number of hydrogen-bond donors (Lipinski definition) is 3. The molecule has 2 aliphatic rings. The van der Waals surface area contributed by atoms with E-state index in [1.165, 1.54) is 0 Å². The zero-order chi connectivity index (χ0) is 29.8. The molecule has 41 heavy (non-hydrogen) atoms. The fourth-order valence-electron chi connectivity index (χ4n) is 4.83. The van der Waals surface area contributed by atoms with Crippen molar-refractivity contribution >= 4 is 36.2 Å². The molecule has 0 aromatic carbocycles. The summed E-state index contributed by atoms with van der Waals surface area (Å²) in [4.78, 5) is 34.7. The molecule has 0 unspecified atom stereocenters. The van der Waals surface area contributed by atoms with E-state index in [0.717, 1.165) is 38.5 Å². The van der Waals surface area contributed by atoms with Crippen LogP contribution in [0.4, 0.5) is 5.69 Å². The average molecular weight is 593 g/mol. The van der Waals surface area contributed by atoms with Gasteiger partial charge in [-0.2, -0.15) is 0 Å². The molecule has 12 nitrogen and oxygen atoms in total. The number of esters is 2. The second-order valence-corrected chi connectivity index (χ2v) is 14.8. The third-order valence-electron chi connectivity index (χ3n) is 7.82. The number of nitrogens with zero attached hydrogens (tertiary/aromatic N) is 3. The fraction of sp³-hybridized carbons (Fsp3) is 0.714. The summed E-state index contributed by atoms with van der Waals surface area (Å²) in [6.45, 7) is 9.34. The molecule has 0 spiro atoms. The predicted molar refractivity (Wildman–Crippen MR) is 156 cm³/mol. The number of nitrogens with two attached hydrogens (primary N) is 1. The minimum absolute atomic E-state index is 0.297. The predicted octanol–water partition coefficient (Wildman–Crippen LogP) is 3.99. The number of nitrogen functional groups attached to an aromatic ring is 1. The summed E-state index contributed by atoms with van der Waals surface area (Å²) >= 11 is 0. The van der Waals surface area contributed by atoms with Crippen LogP contribution >= 0.6 is 7.44 Å². The lowest BCUT2D eigenvalue weighted by Crippen LogP contribution is -2.54. The van der Waals surface area contributed by atoms with Gasteiger partial charge in [-0.15, -0.1) is 0 Å². The van der Waals surface area contributed by atoms with Crippen molar-refractivity contribution in [2.75, 3.05) is 25.3 Å². The average Bonchev–Trinajstić information content (AvgIpc) is 3.24. The Morgan fingerprint density at radius 1 is 1.02 bits per heavy atom. The topological polar surface area (TPSA) is 160 Å². The van der Waals surface area contributed by atoms with Crippen molar-refractivity contribution in [3.8, 4) is 0 Å². The molecule has 4 rings (SSSR count). The van der Waals surface area contributed by atoms with Gasteiger partial charge in [0.05, 0.1) is 37.9 Å². The molecule has 0 radical (unpaired) electrons. The number of pyridine rings is 1. The number of carbonyl (C=O) groups is 2. The standard InChI is InChI=1S/C28H45N6O6P/c1-19(14-34-17-31-23-22(29)12-13-30-24(23)34)40-18-41(37,32-27(2,3)25(35)38-15-20-8-6-9-20)33-28(4,5)26(36)39-16-21-10-7-11-21/h12-13,17,19-21H,6-11,14-16,18H2,1-5H3,(H2,29,30)(H2,32,33,37)/t19-/m1/s1. The highest BCUT2D eigenvalue weighted by Gasteiger charge is 2.43. The van der Waals surface area contributed by atoms with Crippen LogP contribution in [0, 0.1) is 11.8 Å². The molecule has 4 N–H and O–H groups in total. The number of carbonyl (C=O) groups excluding carboxylic acids is 2. The van der Waals surface area contributed by atoms with E-state index in [1.54, 1.807) is 46.3 Å². The summed E-state index contributed by atoms with van der Waals surface area (Å²) < 4.78 is 33.4. The largest absolute Gasteiger partial charge is 0.464 e. The highest BCUT2D eigenvalue weighted by molar-refractivity contribution is 7.59. The van der Waals surface area contributed by atoms with E-state index >= 15 is 0 Å². The molecule has 1 atom stereocenters. The van der Waals surface area contributed by atoms with Crippen LogP contribution in [0.3, 0.4) is 0 Å². The summed E-state index contributed by atoms with van der Waals surface area (Å²) in [6.07, 6.45) is 8.97. The maximum Gasteiger partial charge on any atom is 0.326 e. The van der Waals surface area contributed by atoms with Gasteiger partial charge in [0, 0.05) is 6.20 Å². The van der Waals surface area contributed by atoms with Gasteiger partial charge in [0.2, 0.25) is 7.44 Å². The van der Waals surface area contributed by atoms with Gasteiger partial charge in [-0.3, -0.25) is 14.2 Å². The Morgan fingerprint density at radius 3 is 2.05 bits per heavy atom. The molecule has 0 aliphatic heterocycles. The van der Waals surface area contributed by atoms with E-state index in [-0.39, 0.29) is 6.35 Å². The first-order valence-electron chi connectivity index (χ1n) is 14.5. The van der Waals surface area contributed by atoms with E-state index in [4.69, 9.17) is 19.9 Å². The first-order chi connectivity index (χ1) is 19.3. The highest BCUT2D eigenvalue weighted by Crippen LogP contribution is 2.42. The highest BCUT2D eigenvalue weighted by atomic mass is 31.2. The Bertz CT molecular complexity index is 1220. The molecule has 0 saturated heterocycles. The molecule has 0 bridgehead atoms. The first kappa shape index (κ1) is 31.4. The Labute approximate surface area is 241 Å². The number of aromatic nitrogens is 3. The lowest BCUT2D eigenvalue weighted by molar-refractivity contribution is -0.152. The van der Waals surface area contributed by atoms with Gasteiger partial charge in [-0.05, 0) is 78.2 Å². The van der Waals surface area contributed by atoms with Gasteiger partial charge in [-0.25, -0.2) is 20.1 Å². The summed E-state index contributed by atoms with van der Waals surface area (Å²) in [6, 6.07) is 1.69. The third kappa shape index (κ3) is 8.06. The second kappa shape index (κ2) is 12.8. The van der Waals surface area contributed by atoms with E-state index in [9.17, 15) is 14.2 Å². The Hall–Kier alpha value is -2.53. The molecule has 2 heterocycles. The van der Waals surface area contributed by atoms with Crippen LogP contribution in [0.1, 0.15) is 73.1 Å². The van der Waals surface area contributed by atoms with E-state index in [2.05, 4.69) is 20.1 Å². The van der Waals surface area contributed by atoms with Gasteiger partial charge in [0.1, 0.15) is 22.9 Å². The van der Waals surface area contributed by atoms with Gasteiger partial charge in [0.25, 0.3) is 0 Å². The third-order valence-corrected chi connectivity index (χ3v) is 10.2. The molecule has 2 aromatic rings. The molecule has 2 aromatic heterocycles. The van der Waals surface area contributed by atoms with Crippen LogP contribution < -0.4 is 15.9 Å². The quantitative estimate of drug-likeness (QED) is 0.203. The Kier molecular flexibility index (Phi) is 9.78. The maximum absolute atomic E-state index is 14.4. The maximum atomic E-state index is 14.4. The van der Waals surface area contributed by atoms with Crippen LogP contribution in [0.5, 0.6) is 0 Å². The molecule has 2 aliphatic carbocycles. The lowest BCUT2D eigenvalue weighted by Gasteiger charge is -2.36. The van der Waals surface area contributed by atoms with Crippen molar-refractivity contribution in [3.63, 3.8) is 0 Å². The minimum atomic E-state index is -3.74. The summed E-state index contributed by atoms with van der Waals surface area (Å²) in [5.74, 6) is -0.286. The summed E-state index contributed by atoms with van der Waals surface area (Å²) in [7, 11) is -3.74. The SMILES string of the molecule is C[C@H](Cn1cnc2c(N)ccnc21)OCP(=O)(NC(C)(C)C(=O)OCC1CCC1)NC(C)(C)C(=O)OCC1CCC1. The normalized spacial score (nSPS) is 17.6. The van der Waals surface area contributed by atoms with E-state index < -0.39 is 36.6 Å². The van der Waals surface area contributed by atoms with Gasteiger partial charge in [-0.1, -0.05) is 12.8 Å². The molecule has 13 heteroatoms. The smallest absolute Gasteiger partial charge is 0.326 e. The van der Waals surface area contributed by atoms with Crippen LogP contribution in [0.15, 0.2) is 18.6 Å². The van der Waals surface area contributed by atoms with Crippen molar-refractivity contribution in [2.24, 2.45) is 11.8 Å². The second-order valence-electron chi connectivity index (χ2n) is 12.6. The van der Waals surface area contributed by atoms with Crippen LogP contribution in [-0.4, -0.2) is 63.2 Å². The Morgan fingerprint density at radius 2 is 1.56 bits per heavy atom. The van der Waals surface area contributed by atoms with Gasteiger partial charge < -0.3 is 24.5 Å². The molecule has 0 amide bonds. The first-order valence-corrected chi connectivity index (χ1v) is 16.4. The molecular formula is C28H45N6O6P. The number of hydrogen-bond acceptors (Lipinski definition) is 9. The zero-order valence-electron chi connectivity index (χ0n) is 24.9. The molecule has 2 saturated carbocycles. The van der Waals surface area contributed by atoms with Crippen molar-refractivity contribution in [3.05, 3.63) is 18.6 Å². The van der Waals surface area contributed by atoms with Crippen LogP contribution in [0.25, 0.3) is 11.2 Å². The van der Waals surface area contributed by atoms with Gasteiger partial charge in [0.15, 0.2) is 5.65 Å². The monoisotopic (exact) mass is 592 g/mol. The summed E-state index contributed by atoms with van der Waals surface area (Å²) in [5, 5.41) is 5.94. The van der Waals surface area contributed by atoms with E-state index in [1.807, 2.05) is 11.5 Å². The number of rotatable bonds is 15. The minimum Gasteiger partial charge on any atom is -0.464 e. The number of anilines is 1. The molecule has 2 fully saturated rings. The number of imidazole rings is 1.